The Labute approximate surface area is 87.7 Å². The summed E-state index contributed by atoms with van der Waals surface area (Å²) in [5.74, 6) is 0. The normalized spacial score (nSPS) is 23.8. The Kier molecular flexibility index (Phi) is 4.56. The number of thiol groups is 1. The molecule has 1 heterocycles. The zero-order valence-corrected chi connectivity index (χ0v) is 9.93. The summed E-state index contributed by atoms with van der Waals surface area (Å²) in [5, 5.41) is 0.505. The van der Waals surface area contributed by atoms with E-state index in [9.17, 15) is 0 Å². The molecule has 2 nitrogen and oxygen atoms in total. The third-order valence-corrected chi connectivity index (χ3v) is 2.82. The molecule has 1 aliphatic rings. The lowest BCUT2D eigenvalue weighted by atomic mass is 10.2. The largest absolute Gasteiger partial charge is 0.300 e. The fourth-order valence-corrected chi connectivity index (χ4v) is 2.07. The van der Waals surface area contributed by atoms with Crippen molar-refractivity contribution >= 4 is 12.6 Å². The van der Waals surface area contributed by atoms with Gasteiger partial charge < -0.3 is 0 Å². The van der Waals surface area contributed by atoms with E-state index < -0.39 is 0 Å². The van der Waals surface area contributed by atoms with Crippen LogP contribution >= 0.6 is 12.6 Å². The Morgan fingerprint density at radius 3 is 2.00 bits per heavy atom. The predicted molar refractivity (Wildman–Crippen MR) is 61.6 cm³/mol. The van der Waals surface area contributed by atoms with E-state index in [-0.39, 0.29) is 0 Å². The molecule has 0 aromatic heterocycles. The van der Waals surface area contributed by atoms with Crippen molar-refractivity contribution in [2.45, 2.75) is 32.1 Å². The smallest absolute Gasteiger partial charge is 0.0116 e. The van der Waals surface area contributed by atoms with E-state index in [2.05, 4.69) is 43.2 Å². The van der Waals surface area contributed by atoms with Gasteiger partial charge in [-0.2, -0.15) is 12.6 Å². The summed E-state index contributed by atoms with van der Waals surface area (Å²) in [4.78, 5) is 5.05. The summed E-state index contributed by atoms with van der Waals surface area (Å²) in [6, 6.07) is 0.704. The van der Waals surface area contributed by atoms with E-state index >= 15 is 0 Å². The molecule has 78 valence electrons. The van der Waals surface area contributed by atoms with Crippen LogP contribution in [0.5, 0.6) is 0 Å². The highest BCUT2D eigenvalue weighted by Crippen LogP contribution is 2.07. The predicted octanol–water partition coefficient (Wildman–Crippen LogP) is 1.33. The van der Waals surface area contributed by atoms with Gasteiger partial charge in [-0.3, -0.25) is 9.80 Å². The minimum Gasteiger partial charge on any atom is -0.300 e. The summed E-state index contributed by atoms with van der Waals surface area (Å²) < 4.78 is 0. The maximum Gasteiger partial charge on any atom is 0.0116 e. The highest BCUT2D eigenvalue weighted by Gasteiger charge is 2.18. The fraction of sp³-hybridized carbons (Fsp3) is 1.00. The fourth-order valence-electron chi connectivity index (χ4n) is 1.84. The van der Waals surface area contributed by atoms with E-state index in [4.69, 9.17) is 0 Å². The molecule has 0 aromatic rings. The second-order valence-corrected chi connectivity index (χ2v) is 5.16. The lowest BCUT2D eigenvalue weighted by Gasteiger charge is -2.37. The van der Waals surface area contributed by atoms with Crippen LogP contribution in [0.25, 0.3) is 0 Å². The lowest BCUT2D eigenvalue weighted by molar-refractivity contribution is 0.110. The summed E-state index contributed by atoms with van der Waals surface area (Å²) in [7, 11) is 0. The molecule has 1 fully saturated rings. The Hall–Kier alpha value is 0.270. The molecule has 1 unspecified atom stereocenters. The van der Waals surface area contributed by atoms with Crippen LogP contribution in [0.2, 0.25) is 0 Å². The molecule has 0 amide bonds. The third kappa shape index (κ3) is 3.88. The van der Waals surface area contributed by atoms with Crippen LogP contribution < -0.4 is 0 Å². The van der Waals surface area contributed by atoms with Crippen LogP contribution in [0.3, 0.4) is 0 Å². The number of hydrogen-bond donors (Lipinski definition) is 1. The molecule has 0 aliphatic carbocycles. The summed E-state index contributed by atoms with van der Waals surface area (Å²) in [6.07, 6.45) is 0. The highest BCUT2D eigenvalue weighted by atomic mass is 32.1. The van der Waals surface area contributed by atoms with Crippen molar-refractivity contribution in [1.82, 2.24) is 9.80 Å². The van der Waals surface area contributed by atoms with Gasteiger partial charge in [-0.05, 0) is 13.8 Å². The Morgan fingerprint density at radius 1 is 1.08 bits per heavy atom. The van der Waals surface area contributed by atoms with Crippen LogP contribution in [-0.2, 0) is 0 Å². The molecular weight excluding hydrogens is 180 g/mol. The molecule has 13 heavy (non-hydrogen) atoms. The molecule has 0 aromatic carbocycles. The van der Waals surface area contributed by atoms with Gasteiger partial charge in [0.25, 0.3) is 0 Å². The van der Waals surface area contributed by atoms with Gasteiger partial charge in [0, 0.05) is 44.0 Å². The zero-order chi connectivity index (χ0) is 9.84. The Morgan fingerprint density at radius 2 is 1.62 bits per heavy atom. The van der Waals surface area contributed by atoms with Crippen LogP contribution in [0, 0.1) is 0 Å². The molecule has 0 radical (unpaired) electrons. The summed E-state index contributed by atoms with van der Waals surface area (Å²) in [5.41, 5.74) is 0. The molecule has 1 aliphatic heterocycles. The van der Waals surface area contributed by atoms with Gasteiger partial charge in [-0.25, -0.2) is 0 Å². The van der Waals surface area contributed by atoms with Crippen molar-refractivity contribution in [1.29, 1.82) is 0 Å². The second kappa shape index (κ2) is 5.23. The third-order valence-electron chi connectivity index (χ3n) is 2.66. The van der Waals surface area contributed by atoms with Gasteiger partial charge in [0.1, 0.15) is 0 Å². The van der Waals surface area contributed by atoms with Crippen molar-refractivity contribution in [3.63, 3.8) is 0 Å². The maximum atomic E-state index is 4.42. The molecule has 0 N–H and O–H groups in total. The summed E-state index contributed by atoms with van der Waals surface area (Å²) in [6.45, 7) is 12.7. The highest BCUT2D eigenvalue weighted by molar-refractivity contribution is 7.80. The van der Waals surface area contributed by atoms with Crippen molar-refractivity contribution in [3.05, 3.63) is 0 Å². The van der Waals surface area contributed by atoms with Gasteiger partial charge in [-0.1, -0.05) is 6.92 Å². The number of rotatable bonds is 3. The monoisotopic (exact) mass is 202 g/mol. The van der Waals surface area contributed by atoms with E-state index in [1.54, 1.807) is 0 Å². The van der Waals surface area contributed by atoms with E-state index in [1.165, 1.54) is 26.2 Å². The maximum absolute atomic E-state index is 4.42. The van der Waals surface area contributed by atoms with Crippen LogP contribution in [0.15, 0.2) is 0 Å². The van der Waals surface area contributed by atoms with E-state index in [0.29, 0.717) is 11.3 Å². The molecule has 0 bridgehead atoms. The van der Waals surface area contributed by atoms with Crippen LogP contribution in [0.4, 0.5) is 0 Å². The van der Waals surface area contributed by atoms with Gasteiger partial charge in [-0.15, -0.1) is 0 Å². The lowest BCUT2D eigenvalue weighted by Crippen LogP contribution is -2.49. The number of piperazine rings is 1. The van der Waals surface area contributed by atoms with Crippen molar-refractivity contribution in [2.75, 3.05) is 32.7 Å². The average molecular weight is 202 g/mol. The second-order valence-electron chi connectivity index (χ2n) is 4.28. The average Bonchev–Trinajstić information content (AvgIpc) is 2.04. The molecule has 0 spiro atoms. The van der Waals surface area contributed by atoms with Crippen molar-refractivity contribution in [3.8, 4) is 0 Å². The van der Waals surface area contributed by atoms with Gasteiger partial charge in [0.2, 0.25) is 0 Å². The first-order valence-electron chi connectivity index (χ1n) is 5.24. The summed E-state index contributed by atoms with van der Waals surface area (Å²) >= 11 is 4.42. The first-order chi connectivity index (χ1) is 6.09. The molecule has 1 rings (SSSR count). The standard InChI is InChI=1S/C10H22N2S/c1-9(2)12-6-4-11(5-7-12)8-10(3)13/h9-10,13H,4-8H2,1-3H3. The molecule has 3 heteroatoms. The first kappa shape index (κ1) is 11.3. The minimum absolute atomic E-state index is 0.505. The molecular formula is C10H22N2S. The first-order valence-corrected chi connectivity index (χ1v) is 5.75. The van der Waals surface area contributed by atoms with Crippen molar-refractivity contribution < 1.29 is 0 Å². The zero-order valence-electron chi connectivity index (χ0n) is 9.03. The quantitative estimate of drug-likeness (QED) is 0.690. The molecule has 0 saturated carbocycles. The van der Waals surface area contributed by atoms with Gasteiger partial charge >= 0.3 is 0 Å². The van der Waals surface area contributed by atoms with Gasteiger partial charge in [0.15, 0.2) is 0 Å². The van der Waals surface area contributed by atoms with Crippen LogP contribution in [-0.4, -0.2) is 53.8 Å². The Bertz CT molecular complexity index is 140. The Balaban J connectivity index is 2.22. The van der Waals surface area contributed by atoms with Gasteiger partial charge in [0.05, 0.1) is 0 Å². The SMILES string of the molecule is CC(S)CN1CCN(C(C)C)CC1. The van der Waals surface area contributed by atoms with Crippen molar-refractivity contribution in [2.24, 2.45) is 0 Å². The minimum atomic E-state index is 0.505. The number of hydrogen-bond acceptors (Lipinski definition) is 3. The van der Waals surface area contributed by atoms with E-state index in [0.717, 1.165) is 6.54 Å². The molecule has 1 saturated heterocycles. The number of nitrogens with zero attached hydrogens (tertiary/aromatic N) is 2. The van der Waals surface area contributed by atoms with Crippen LogP contribution in [0.1, 0.15) is 20.8 Å². The topological polar surface area (TPSA) is 6.48 Å². The molecule has 1 atom stereocenters. The van der Waals surface area contributed by atoms with E-state index in [1.807, 2.05) is 0 Å².